The lowest BCUT2D eigenvalue weighted by atomic mass is 10.1. The summed E-state index contributed by atoms with van der Waals surface area (Å²) in [5, 5.41) is 8.74. The number of hydrogen-bond donors (Lipinski definition) is 3. The van der Waals surface area contributed by atoms with Crippen LogP contribution in [-0.2, 0) is 14.3 Å². The highest BCUT2D eigenvalue weighted by Crippen LogP contribution is 2.21. The van der Waals surface area contributed by atoms with E-state index in [1.807, 2.05) is 19.9 Å². The summed E-state index contributed by atoms with van der Waals surface area (Å²) in [5.74, 6) is -0.280. The smallest absolute Gasteiger partial charge is 0.244 e. The van der Waals surface area contributed by atoms with Crippen molar-refractivity contribution in [1.29, 1.82) is 0 Å². The fraction of sp³-hybridized carbons (Fsp3) is 0.467. The molecule has 3 N–H and O–H groups in total. The molecule has 0 radical (unpaired) electrons. The van der Waals surface area contributed by atoms with Gasteiger partial charge >= 0.3 is 0 Å². The summed E-state index contributed by atoms with van der Waals surface area (Å²) in [5.41, 5.74) is 2.27. The summed E-state index contributed by atoms with van der Waals surface area (Å²) >= 11 is 0. The third-order valence-corrected chi connectivity index (χ3v) is 3.41. The lowest BCUT2D eigenvalue weighted by molar-refractivity contribution is -0.123. The summed E-state index contributed by atoms with van der Waals surface area (Å²) in [4.78, 5) is 23.4. The van der Waals surface area contributed by atoms with Gasteiger partial charge in [0.05, 0.1) is 12.7 Å². The third-order valence-electron chi connectivity index (χ3n) is 3.41. The van der Waals surface area contributed by atoms with Crippen molar-refractivity contribution in [2.45, 2.75) is 32.9 Å². The Kier molecular flexibility index (Phi) is 6.80. The van der Waals surface area contributed by atoms with Gasteiger partial charge in [-0.25, -0.2) is 0 Å². The molecule has 1 heterocycles. The Hall–Kier alpha value is -1.63. The second kappa shape index (κ2) is 8.12. The maximum Gasteiger partial charge on any atom is 0.244 e. The molecule has 22 heavy (non-hydrogen) atoms. The Labute approximate surface area is 136 Å². The highest BCUT2D eigenvalue weighted by molar-refractivity contribution is 5.97. The minimum Gasteiger partial charge on any atom is -0.375 e. The lowest BCUT2D eigenvalue weighted by Gasteiger charge is -2.29. The predicted octanol–water partition coefficient (Wildman–Crippen LogP) is 1.69. The van der Waals surface area contributed by atoms with E-state index in [0.717, 1.165) is 5.56 Å². The average molecular weight is 328 g/mol. The Bertz CT molecular complexity index is 551. The average Bonchev–Trinajstić information content (AvgIpc) is 2.42. The lowest BCUT2D eigenvalue weighted by Crippen LogP contribution is -2.53. The van der Waals surface area contributed by atoms with Crippen molar-refractivity contribution in [1.82, 2.24) is 5.32 Å². The minimum absolute atomic E-state index is 0. The molecule has 1 saturated heterocycles. The Morgan fingerprint density at radius 3 is 2.68 bits per heavy atom. The number of morpholine rings is 1. The first kappa shape index (κ1) is 18.4. The molecule has 2 atom stereocenters. The number of nitrogens with one attached hydrogen (secondary N) is 3. The molecular weight excluding hydrogens is 306 g/mol. The zero-order valence-corrected chi connectivity index (χ0v) is 13.8. The molecule has 1 aromatic carbocycles. The molecule has 0 aliphatic carbocycles. The van der Waals surface area contributed by atoms with Gasteiger partial charge in [0.25, 0.3) is 0 Å². The number of amides is 2. The van der Waals surface area contributed by atoms with Gasteiger partial charge in [-0.2, -0.15) is 0 Å². The second-order valence-corrected chi connectivity index (χ2v) is 5.21. The Morgan fingerprint density at radius 1 is 1.32 bits per heavy atom. The highest BCUT2D eigenvalue weighted by atomic mass is 35.5. The molecule has 0 aromatic heterocycles. The summed E-state index contributed by atoms with van der Waals surface area (Å²) in [6.45, 7) is 6.50. The van der Waals surface area contributed by atoms with Crippen LogP contribution in [-0.4, -0.2) is 37.1 Å². The van der Waals surface area contributed by atoms with E-state index in [4.69, 9.17) is 4.74 Å². The summed E-state index contributed by atoms with van der Waals surface area (Å²) in [6.07, 6.45) is -0.169. The molecule has 1 fully saturated rings. The summed E-state index contributed by atoms with van der Waals surface area (Å²) < 4.78 is 5.48. The number of rotatable bonds is 3. The number of ether oxygens (including phenoxy) is 1. The van der Waals surface area contributed by atoms with Crippen LogP contribution in [0.4, 0.5) is 11.4 Å². The first-order chi connectivity index (χ1) is 9.97. The topological polar surface area (TPSA) is 79.5 Å². The second-order valence-electron chi connectivity index (χ2n) is 5.21. The van der Waals surface area contributed by atoms with Gasteiger partial charge in [-0.15, -0.1) is 12.4 Å². The number of anilines is 2. The van der Waals surface area contributed by atoms with Gasteiger partial charge < -0.3 is 20.7 Å². The molecule has 2 amide bonds. The van der Waals surface area contributed by atoms with Crippen LogP contribution in [0.25, 0.3) is 0 Å². The van der Waals surface area contributed by atoms with E-state index in [1.54, 1.807) is 12.1 Å². The molecule has 0 unspecified atom stereocenters. The Balaban J connectivity index is 0.00000242. The summed E-state index contributed by atoms with van der Waals surface area (Å²) in [6, 6.07) is 5.04. The van der Waals surface area contributed by atoms with Crippen LogP contribution in [0.15, 0.2) is 18.2 Å². The van der Waals surface area contributed by atoms with Gasteiger partial charge in [-0.05, 0) is 31.5 Å². The van der Waals surface area contributed by atoms with Crippen LogP contribution in [0.5, 0.6) is 0 Å². The van der Waals surface area contributed by atoms with E-state index in [-0.39, 0.29) is 36.4 Å². The number of carbonyl (C=O) groups is 2. The normalized spacial score (nSPS) is 20.7. The van der Waals surface area contributed by atoms with Gasteiger partial charge in [0.2, 0.25) is 11.8 Å². The first-order valence-corrected chi connectivity index (χ1v) is 7.01. The van der Waals surface area contributed by atoms with Gasteiger partial charge in [-0.3, -0.25) is 9.59 Å². The third kappa shape index (κ3) is 4.69. The minimum atomic E-state index is -0.373. The van der Waals surface area contributed by atoms with Crippen molar-refractivity contribution in [3.8, 4) is 0 Å². The van der Waals surface area contributed by atoms with Gasteiger partial charge in [0, 0.05) is 24.8 Å². The van der Waals surface area contributed by atoms with E-state index in [1.165, 1.54) is 6.92 Å². The zero-order valence-electron chi connectivity index (χ0n) is 12.9. The largest absolute Gasteiger partial charge is 0.375 e. The fourth-order valence-electron chi connectivity index (χ4n) is 2.28. The number of aryl methyl sites for hydroxylation is 1. The molecule has 0 bridgehead atoms. The van der Waals surface area contributed by atoms with Gasteiger partial charge in [0.15, 0.2) is 0 Å². The molecule has 2 rings (SSSR count). The standard InChI is InChI=1S/C15H21N3O3.ClH/c1-9-4-5-12(17-11(3)19)8-13(9)18-15(20)14-10(2)21-7-6-16-14;/h4-5,8,10,14,16H,6-7H2,1-3H3,(H,17,19)(H,18,20);1H/t10-,14+;/m1./s1. The van der Waals surface area contributed by atoms with Crippen molar-refractivity contribution in [2.75, 3.05) is 23.8 Å². The van der Waals surface area contributed by atoms with Gasteiger partial charge in [0.1, 0.15) is 6.04 Å². The fourth-order valence-corrected chi connectivity index (χ4v) is 2.28. The SMILES string of the molecule is CC(=O)Nc1ccc(C)c(NC(=O)[C@H]2NCCO[C@@H]2C)c1.Cl. The van der Waals surface area contributed by atoms with Crippen LogP contribution in [0.1, 0.15) is 19.4 Å². The van der Waals surface area contributed by atoms with Crippen LogP contribution < -0.4 is 16.0 Å². The van der Waals surface area contributed by atoms with E-state index in [0.29, 0.717) is 24.5 Å². The molecule has 122 valence electrons. The van der Waals surface area contributed by atoms with E-state index >= 15 is 0 Å². The molecule has 7 heteroatoms. The number of halogens is 1. The molecule has 1 aliphatic rings. The van der Waals surface area contributed by atoms with Crippen LogP contribution >= 0.6 is 12.4 Å². The van der Waals surface area contributed by atoms with Gasteiger partial charge in [-0.1, -0.05) is 6.07 Å². The van der Waals surface area contributed by atoms with Crippen molar-refractivity contribution in [3.63, 3.8) is 0 Å². The van der Waals surface area contributed by atoms with Crippen molar-refractivity contribution in [3.05, 3.63) is 23.8 Å². The van der Waals surface area contributed by atoms with Crippen LogP contribution in [0.2, 0.25) is 0 Å². The predicted molar refractivity (Wildman–Crippen MR) is 88.6 cm³/mol. The van der Waals surface area contributed by atoms with Crippen molar-refractivity contribution in [2.24, 2.45) is 0 Å². The molecular formula is C15H22ClN3O3. The first-order valence-electron chi connectivity index (χ1n) is 7.01. The van der Waals surface area contributed by atoms with E-state index in [2.05, 4.69) is 16.0 Å². The molecule has 0 spiro atoms. The maximum absolute atomic E-state index is 12.3. The molecule has 0 saturated carbocycles. The van der Waals surface area contributed by atoms with Crippen LogP contribution in [0.3, 0.4) is 0 Å². The molecule has 6 nitrogen and oxygen atoms in total. The van der Waals surface area contributed by atoms with Crippen LogP contribution in [0, 0.1) is 6.92 Å². The number of carbonyl (C=O) groups excluding carboxylic acids is 2. The van der Waals surface area contributed by atoms with E-state index in [9.17, 15) is 9.59 Å². The Morgan fingerprint density at radius 2 is 2.05 bits per heavy atom. The monoisotopic (exact) mass is 327 g/mol. The summed E-state index contributed by atoms with van der Waals surface area (Å²) in [7, 11) is 0. The van der Waals surface area contributed by atoms with Crippen molar-refractivity contribution >= 4 is 35.6 Å². The quantitative estimate of drug-likeness (QED) is 0.789. The molecule has 1 aromatic rings. The zero-order chi connectivity index (χ0) is 15.4. The number of hydrogen-bond acceptors (Lipinski definition) is 4. The van der Waals surface area contributed by atoms with E-state index < -0.39 is 0 Å². The number of benzene rings is 1. The maximum atomic E-state index is 12.3. The van der Waals surface area contributed by atoms with Crippen molar-refractivity contribution < 1.29 is 14.3 Å². The highest BCUT2D eigenvalue weighted by Gasteiger charge is 2.28. The molecule has 1 aliphatic heterocycles.